The van der Waals surface area contributed by atoms with Gasteiger partial charge in [-0.1, -0.05) is 18.2 Å². The maximum atomic E-state index is 12.4. The lowest BCUT2D eigenvalue weighted by Gasteiger charge is -2.34. The molecule has 1 atom stereocenters. The van der Waals surface area contributed by atoms with Crippen LogP contribution in [0.1, 0.15) is 23.2 Å². The summed E-state index contributed by atoms with van der Waals surface area (Å²) < 4.78 is 4.58. The van der Waals surface area contributed by atoms with Gasteiger partial charge in [0.15, 0.2) is 0 Å². The van der Waals surface area contributed by atoms with Gasteiger partial charge in [-0.15, -0.1) is 0 Å². The third-order valence-corrected chi connectivity index (χ3v) is 3.90. The number of piperazine rings is 1. The lowest BCUT2D eigenvalue weighted by atomic mass is 10.1. The van der Waals surface area contributed by atoms with Crippen molar-refractivity contribution in [2.45, 2.75) is 18.9 Å². The number of carbonyl (C=O) groups excluding carboxylic acids is 4. The van der Waals surface area contributed by atoms with Crippen LogP contribution >= 0.6 is 0 Å². The molecule has 1 saturated heterocycles. The Morgan fingerprint density at radius 3 is 2.68 bits per heavy atom. The molecule has 1 unspecified atom stereocenters. The molecule has 1 aromatic carbocycles. The van der Waals surface area contributed by atoms with Crippen LogP contribution in [0.4, 0.5) is 0 Å². The highest BCUT2D eigenvalue weighted by Crippen LogP contribution is 2.11. The van der Waals surface area contributed by atoms with E-state index in [9.17, 15) is 19.2 Å². The van der Waals surface area contributed by atoms with Crippen molar-refractivity contribution < 1.29 is 23.9 Å². The number of esters is 1. The lowest BCUT2D eigenvalue weighted by molar-refractivity contribution is -0.150. The van der Waals surface area contributed by atoms with Gasteiger partial charge in [0, 0.05) is 31.6 Å². The van der Waals surface area contributed by atoms with Crippen molar-refractivity contribution in [1.82, 2.24) is 15.5 Å². The van der Waals surface area contributed by atoms with Crippen LogP contribution in [0.5, 0.6) is 0 Å². The summed E-state index contributed by atoms with van der Waals surface area (Å²) in [5, 5.41) is 5.30. The molecule has 0 spiro atoms. The van der Waals surface area contributed by atoms with Gasteiger partial charge in [0.05, 0.1) is 13.5 Å². The van der Waals surface area contributed by atoms with E-state index < -0.39 is 12.0 Å². The van der Waals surface area contributed by atoms with Gasteiger partial charge in [-0.25, -0.2) is 0 Å². The summed E-state index contributed by atoms with van der Waals surface area (Å²) in [5.41, 5.74) is 0.510. The minimum absolute atomic E-state index is 0.0452. The van der Waals surface area contributed by atoms with Crippen molar-refractivity contribution in [3.8, 4) is 0 Å². The Balaban J connectivity index is 1.88. The van der Waals surface area contributed by atoms with Crippen LogP contribution in [0.3, 0.4) is 0 Å². The Morgan fingerprint density at radius 2 is 2.00 bits per heavy atom. The quantitative estimate of drug-likeness (QED) is 0.687. The zero-order chi connectivity index (χ0) is 18.2. The van der Waals surface area contributed by atoms with Crippen LogP contribution in [-0.2, 0) is 19.1 Å². The first-order valence-electron chi connectivity index (χ1n) is 8.00. The monoisotopic (exact) mass is 347 g/mol. The summed E-state index contributed by atoms with van der Waals surface area (Å²) in [4.78, 5) is 49.1. The molecule has 8 nitrogen and oxygen atoms in total. The van der Waals surface area contributed by atoms with Crippen molar-refractivity contribution in [3.05, 3.63) is 35.9 Å². The highest BCUT2D eigenvalue weighted by Gasteiger charge is 2.34. The Morgan fingerprint density at radius 1 is 1.28 bits per heavy atom. The molecular formula is C17H21N3O5. The number of amides is 3. The number of methoxy groups -OCH3 is 1. The smallest absolute Gasteiger partial charge is 0.308 e. The fraction of sp³-hybridized carbons (Fsp3) is 0.412. The zero-order valence-corrected chi connectivity index (χ0v) is 14.0. The van der Waals surface area contributed by atoms with Gasteiger partial charge in [0.2, 0.25) is 11.8 Å². The highest BCUT2D eigenvalue weighted by molar-refractivity contribution is 5.95. The third kappa shape index (κ3) is 5.03. The third-order valence-electron chi connectivity index (χ3n) is 3.90. The maximum Gasteiger partial charge on any atom is 0.308 e. The lowest BCUT2D eigenvalue weighted by Crippen LogP contribution is -2.58. The average Bonchev–Trinajstić information content (AvgIpc) is 2.63. The fourth-order valence-electron chi connectivity index (χ4n) is 2.58. The SMILES string of the molecule is COC(=O)CC1C(=O)NCCN1C(=O)CCNC(=O)c1ccccc1. The van der Waals surface area contributed by atoms with Crippen molar-refractivity contribution in [2.75, 3.05) is 26.7 Å². The van der Waals surface area contributed by atoms with Crippen molar-refractivity contribution >= 4 is 23.7 Å². The minimum atomic E-state index is -0.876. The molecule has 0 aromatic heterocycles. The van der Waals surface area contributed by atoms with Crippen LogP contribution in [0.2, 0.25) is 0 Å². The van der Waals surface area contributed by atoms with E-state index in [0.29, 0.717) is 18.7 Å². The maximum absolute atomic E-state index is 12.4. The second-order valence-electron chi connectivity index (χ2n) is 5.55. The molecular weight excluding hydrogens is 326 g/mol. The van der Waals surface area contributed by atoms with Crippen LogP contribution in [-0.4, -0.2) is 61.4 Å². The standard InChI is InChI=1S/C17H21N3O5/c1-25-15(22)11-13-17(24)19-9-10-20(13)14(21)7-8-18-16(23)12-5-3-2-4-6-12/h2-6,13H,7-11H2,1H3,(H,18,23)(H,19,24). The van der Waals surface area contributed by atoms with Gasteiger partial charge < -0.3 is 20.3 Å². The Hall–Kier alpha value is -2.90. The van der Waals surface area contributed by atoms with Crippen LogP contribution in [0.15, 0.2) is 30.3 Å². The number of nitrogens with zero attached hydrogens (tertiary/aromatic N) is 1. The van der Waals surface area contributed by atoms with Crippen molar-refractivity contribution in [3.63, 3.8) is 0 Å². The normalized spacial score (nSPS) is 16.8. The van der Waals surface area contributed by atoms with E-state index in [2.05, 4.69) is 15.4 Å². The first kappa shape index (κ1) is 18.4. The molecule has 25 heavy (non-hydrogen) atoms. The van der Waals surface area contributed by atoms with E-state index in [0.717, 1.165) is 0 Å². The molecule has 8 heteroatoms. The van der Waals surface area contributed by atoms with Crippen LogP contribution in [0, 0.1) is 0 Å². The van der Waals surface area contributed by atoms with E-state index in [1.807, 2.05) is 6.07 Å². The molecule has 0 radical (unpaired) electrons. The van der Waals surface area contributed by atoms with E-state index in [1.54, 1.807) is 24.3 Å². The molecule has 0 bridgehead atoms. The molecule has 3 amide bonds. The zero-order valence-electron chi connectivity index (χ0n) is 14.0. The second-order valence-corrected chi connectivity index (χ2v) is 5.55. The molecule has 2 rings (SSSR count). The molecule has 2 N–H and O–H groups in total. The summed E-state index contributed by atoms with van der Waals surface area (Å²) in [5.74, 6) is -1.50. The Kier molecular flexibility index (Phi) is 6.50. The number of rotatable bonds is 6. The molecule has 0 aliphatic carbocycles. The Labute approximate surface area is 145 Å². The van der Waals surface area contributed by atoms with E-state index in [1.165, 1.54) is 12.0 Å². The average molecular weight is 347 g/mol. The summed E-state index contributed by atoms with van der Waals surface area (Å²) in [7, 11) is 1.23. The summed E-state index contributed by atoms with van der Waals surface area (Å²) >= 11 is 0. The van der Waals surface area contributed by atoms with Gasteiger partial charge in [0.1, 0.15) is 6.04 Å². The van der Waals surface area contributed by atoms with E-state index in [4.69, 9.17) is 0 Å². The first-order valence-corrected chi connectivity index (χ1v) is 8.00. The number of nitrogens with one attached hydrogen (secondary N) is 2. The number of hydrogen-bond donors (Lipinski definition) is 2. The minimum Gasteiger partial charge on any atom is -0.469 e. The predicted molar refractivity (Wildman–Crippen MR) is 88.5 cm³/mol. The predicted octanol–water partition coefficient (Wildman–Crippen LogP) is -0.303. The molecule has 1 fully saturated rings. The number of carbonyl (C=O) groups is 4. The molecule has 0 saturated carbocycles. The fourth-order valence-corrected chi connectivity index (χ4v) is 2.58. The second kappa shape index (κ2) is 8.81. The number of ether oxygens (including phenoxy) is 1. The topological polar surface area (TPSA) is 105 Å². The highest BCUT2D eigenvalue weighted by atomic mass is 16.5. The van der Waals surface area contributed by atoms with E-state index >= 15 is 0 Å². The summed E-state index contributed by atoms with van der Waals surface area (Å²) in [6.45, 7) is 0.799. The van der Waals surface area contributed by atoms with Gasteiger partial charge in [-0.2, -0.15) is 0 Å². The first-order chi connectivity index (χ1) is 12.0. The van der Waals surface area contributed by atoms with Gasteiger partial charge in [-0.3, -0.25) is 19.2 Å². The number of benzene rings is 1. The largest absolute Gasteiger partial charge is 0.469 e. The van der Waals surface area contributed by atoms with E-state index in [-0.39, 0.29) is 37.1 Å². The van der Waals surface area contributed by atoms with Crippen LogP contribution < -0.4 is 10.6 Å². The van der Waals surface area contributed by atoms with Gasteiger partial charge >= 0.3 is 5.97 Å². The Bertz CT molecular complexity index is 647. The van der Waals surface area contributed by atoms with Gasteiger partial charge in [-0.05, 0) is 12.1 Å². The van der Waals surface area contributed by atoms with Gasteiger partial charge in [0.25, 0.3) is 5.91 Å². The molecule has 1 aromatic rings. The molecule has 1 aliphatic heterocycles. The number of hydrogen-bond acceptors (Lipinski definition) is 5. The molecule has 134 valence electrons. The van der Waals surface area contributed by atoms with Crippen LogP contribution in [0.25, 0.3) is 0 Å². The summed E-state index contributed by atoms with van der Waals surface area (Å²) in [6.07, 6.45) is -0.145. The molecule has 1 aliphatic rings. The van der Waals surface area contributed by atoms with Crippen molar-refractivity contribution in [1.29, 1.82) is 0 Å². The summed E-state index contributed by atoms with van der Waals surface area (Å²) in [6, 6.07) is 7.80. The van der Waals surface area contributed by atoms with Crippen molar-refractivity contribution in [2.24, 2.45) is 0 Å². The molecule has 1 heterocycles.